The van der Waals surface area contributed by atoms with Crippen molar-refractivity contribution < 1.29 is 9.53 Å². The average molecular weight is 292 g/mol. The summed E-state index contributed by atoms with van der Waals surface area (Å²) in [6.45, 7) is 2.07. The highest BCUT2D eigenvalue weighted by Crippen LogP contribution is 2.26. The SMILES string of the molecule is CCOC(=O)/N=c1\ccccc2c(-c3ccccc3)c[nH]c12. The maximum atomic E-state index is 11.6. The number of carbonyl (C=O) groups is 1. The van der Waals surface area contributed by atoms with E-state index < -0.39 is 6.09 Å². The van der Waals surface area contributed by atoms with Crippen LogP contribution in [0, 0.1) is 0 Å². The van der Waals surface area contributed by atoms with Gasteiger partial charge in [0.1, 0.15) is 0 Å². The molecule has 0 unspecified atom stereocenters. The number of aromatic nitrogens is 1. The van der Waals surface area contributed by atoms with Gasteiger partial charge < -0.3 is 9.72 Å². The second kappa shape index (κ2) is 6.26. The molecule has 0 atom stereocenters. The fourth-order valence-electron chi connectivity index (χ4n) is 2.41. The Kier molecular flexibility index (Phi) is 4.01. The van der Waals surface area contributed by atoms with Crippen LogP contribution in [0.5, 0.6) is 0 Å². The monoisotopic (exact) mass is 292 g/mol. The molecule has 0 fully saturated rings. The number of nitrogens with zero attached hydrogens (tertiary/aromatic N) is 1. The first kappa shape index (κ1) is 14.1. The van der Waals surface area contributed by atoms with E-state index in [0.29, 0.717) is 12.0 Å². The molecule has 4 nitrogen and oxygen atoms in total. The van der Waals surface area contributed by atoms with Crippen LogP contribution < -0.4 is 5.36 Å². The molecule has 1 amide bonds. The molecule has 0 radical (unpaired) electrons. The molecule has 0 saturated carbocycles. The first-order chi connectivity index (χ1) is 10.8. The minimum atomic E-state index is -0.578. The molecular formula is C18H16N2O2. The van der Waals surface area contributed by atoms with Crippen molar-refractivity contribution in [3.8, 4) is 11.1 Å². The lowest BCUT2D eigenvalue weighted by Gasteiger charge is -1.97. The zero-order chi connectivity index (χ0) is 15.4. The van der Waals surface area contributed by atoms with Gasteiger partial charge in [-0.1, -0.05) is 48.5 Å². The maximum Gasteiger partial charge on any atom is 0.434 e. The van der Waals surface area contributed by atoms with Crippen molar-refractivity contribution in [2.45, 2.75) is 6.92 Å². The van der Waals surface area contributed by atoms with Gasteiger partial charge in [0.2, 0.25) is 0 Å². The van der Waals surface area contributed by atoms with E-state index in [1.165, 1.54) is 0 Å². The molecule has 0 bridgehead atoms. The Morgan fingerprint density at radius 2 is 1.82 bits per heavy atom. The number of fused-ring (bicyclic) bond motifs is 1. The van der Waals surface area contributed by atoms with Gasteiger partial charge in [-0.2, -0.15) is 4.99 Å². The number of carbonyl (C=O) groups excluding carboxylic acids is 1. The van der Waals surface area contributed by atoms with E-state index in [-0.39, 0.29) is 0 Å². The van der Waals surface area contributed by atoms with Crippen LogP contribution in [0.4, 0.5) is 4.79 Å². The lowest BCUT2D eigenvalue weighted by Crippen LogP contribution is -2.07. The highest BCUT2D eigenvalue weighted by molar-refractivity contribution is 5.95. The summed E-state index contributed by atoms with van der Waals surface area (Å²) in [5.41, 5.74) is 3.01. The average Bonchev–Trinajstić information content (AvgIpc) is 2.86. The van der Waals surface area contributed by atoms with E-state index in [4.69, 9.17) is 4.74 Å². The third-order valence-corrected chi connectivity index (χ3v) is 3.37. The summed E-state index contributed by atoms with van der Waals surface area (Å²) in [7, 11) is 0. The molecule has 3 aromatic rings. The number of rotatable bonds is 2. The van der Waals surface area contributed by atoms with Crippen molar-refractivity contribution in [3.05, 3.63) is 66.2 Å². The van der Waals surface area contributed by atoms with E-state index in [1.807, 2.05) is 42.6 Å². The Morgan fingerprint density at radius 1 is 1.09 bits per heavy atom. The van der Waals surface area contributed by atoms with E-state index in [9.17, 15) is 4.79 Å². The molecule has 1 N–H and O–H groups in total. The van der Waals surface area contributed by atoms with Gasteiger partial charge in [-0.15, -0.1) is 0 Å². The minimum Gasteiger partial charge on any atom is -0.448 e. The summed E-state index contributed by atoms with van der Waals surface area (Å²) in [4.78, 5) is 18.9. The lowest BCUT2D eigenvalue weighted by atomic mass is 10.1. The first-order valence-corrected chi connectivity index (χ1v) is 7.17. The van der Waals surface area contributed by atoms with Crippen LogP contribution in [0.15, 0.2) is 65.8 Å². The summed E-state index contributed by atoms with van der Waals surface area (Å²) < 4.78 is 4.90. The number of amides is 1. The molecule has 0 aliphatic heterocycles. The Morgan fingerprint density at radius 3 is 2.59 bits per heavy atom. The summed E-state index contributed by atoms with van der Waals surface area (Å²) >= 11 is 0. The molecule has 110 valence electrons. The number of hydrogen-bond acceptors (Lipinski definition) is 2. The van der Waals surface area contributed by atoms with Gasteiger partial charge in [-0.25, -0.2) is 4.79 Å². The van der Waals surface area contributed by atoms with Crippen LogP contribution in [0.2, 0.25) is 0 Å². The number of benzene rings is 1. The minimum absolute atomic E-state index is 0.310. The van der Waals surface area contributed by atoms with Crippen molar-refractivity contribution in [1.29, 1.82) is 0 Å². The Labute approximate surface area is 128 Å². The van der Waals surface area contributed by atoms with E-state index in [1.54, 1.807) is 13.0 Å². The van der Waals surface area contributed by atoms with Gasteiger partial charge >= 0.3 is 6.09 Å². The van der Waals surface area contributed by atoms with E-state index in [2.05, 4.69) is 22.1 Å². The molecule has 1 heterocycles. The van der Waals surface area contributed by atoms with Crippen molar-refractivity contribution in [1.82, 2.24) is 4.98 Å². The van der Waals surface area contributed by atoms with Crippen LogP contribution in [0.1, 0.15) is 6.92 Å². The van der Waals surface area contributed by atoms with Crippen LogP contribution in [-0.2, 0) is 4.74 Å². The fourth-order valence-corrected chi connectivity index (χ4v) is 2.41. The Bertz CT molecular complexity index is 867. The van der Waals surface area contributed by atoms with E-state index in [0.717, 1.165) is 22.0 Å². The molecule has 3 rings (SSSR count). The molecule has 0 spiro atoms. The first-order valence-electron chi connectivity index (χ1n) is 7.17. The molecule has 1 aromatic heterocycles. The molecular weight excluding hydrogens is 276 g/mol. The van der Waals surface area contributed by atoms with E-state index >= 15 is 0 Å². The second-order valence-electron chi connectivity index (χ2n) is 4.77. The van der Waals surface area contributed by atoms with Crippen molar-refractivity contribution in [3.63, 3.8) is 0 Å². The Balaban J connectivity index is 2.22. The van der Waals surface area contributed by atoms with Gasteiger partial charge in [0.25, 0.3) is 0 Å². The molecule has 0 saturated heterocycles. The standard InChI is InChI=1S/C18H16N2O2/c1-2-22-18(21)20-16-11-7-6-10-14-15(12-19-17(14)16)13-8-4-3-5-9-13/h3-12,19H,2H2,1H3/b20-16+. The van der Waals surface area contributed by atoms with Crippen molar-refractivity contribution in [2.24, 2.45) is 4.99 Å². The number of ether oxygens (including phenoxy) is 1. The Hall–Kier alpha value is -2.88. The fraction of sp³-hybridized carbons (Fsp3) is 0.111. The summed E-state index contributed by atoms with van der Waals surface area (Å²) in [6.07, 6.45) is 1.36. The van der Waals surface area contributed by atoms with Crippen molar-refractivity contribution in [2.75, 3.05) is 6.61 Å². The maximum absolute atomic E-state index is 11.6. The topological polar surface area (TPSA) is 54.4 Å². The summed E-state index contributed by atoms with van der Waals surface area (Å²) in [5.74, 6) is 0. The third kappa shape index (κ3) is 2.76. The zero-order valence-electron chi connectivity index (χ0n) is 12.2. The predicted octanol–water partition coefficient (Wildman–Crippen LogP) is 3.89. The number of hydrogen-bond donors (Lipinski definition) is 1. The number of aromatic amines is 1. The highest BCUT2D eigenvalue weighted by atomic mass is 16.5. The van der Waals surface area contributed by atoms with Gasteiger partial charge in [-0.3, -0.25) is 0 Å². The molecule has 2 aromatic carbocycles. The van der Waals surface area contributed by atoms with Crippen LogP contribution in [0.25, 0.3) is 22.0 Å². The number of nitrogens with one attached hydrogen (secondary N) is 1. The summed E-state index contributed by atoms with van der Waals surface area (Å²) in [6, 6.07) is 17.7. The van der Waals surface area contributed by atoms with Crippen LogP contribution >= 0.6 is 0 Å². The molecule has 22 heavy (non-hydrogen) atoms. The van der Waals surface area contributed by atoms with Gasteiger partial charge in [-0.05, 0) is 18.6 Å². The van der Waals surface area contributed by atoms with Crippen LogP contribution in [-0.4, -0.2) is 17.7 Å². The highest BCUT2D eigenvalue weighted by Gasteiger charge is 2.07. The third-order valence-electron chi connectivity index (χ3n) is 3.37. The van der Waals surface area contributed by atoms with Crippen LogP contribution in [0.3, 0.4) is 0 Å². The largest absolute Gasteiger partial charge is 0.448 e. The quantitative estimate of drug-likeness (QED) is 0.779. The second-order valence-corrected chi connectivity index (χ2v) is 4.77. The summed E-state index contributed by atoms with van der Waals surface area (Å²) in [5, 5.41) is 1.58. The smallest absolute Gasteiger partial charge is 0.434 e. The molecule has 4 heteroatoms. The van der Waals surface area contributed by atoms with Gasteiger partial charge in [0.05, 0.1) is 17.5 Å². The van der Waals surface area contributed by atoms with Crippen molar-refractivity contribution >= 4 is 17.0 Å². The molecule has 0 aliphatic rings. The van der Waals surface area contributed by atoms with Gasteiger partial charge in [0.15, 0.2) is 0 Å². The zero-order valence-corrected chi connectivity index (χ0v) is 12.2. The number of H-pyrrole nitrogens is 1. The normalized spacial score (nSPS) is 11.6. The molecule has 0 aliphatic carbocycles. The van der Waals surface area contributed by atoms with Gasteiger partial charge in [0, 0.05) is 17.1 Å². The predicted molar refractivity (Wildman–Crippen MR) is 86.3 cm³/mol. The lowest BCUT2D eigenvalue weighted by molar-refractivity contribution is 0.162.